The van der Waals surface area contributed by atoms with E-state index in [-0.39, 0.29) is 12.4 Å². The number of furan rings is 1. The number of carboxylic acids is 1. The minimum Gasteiger partial charge on any atom is -0.481 e. The first kappa shape index (κ1) is 28.2. The van der Waals surface area contributed by atoms with E-state index < -0.39 is 12.1 Å². The van der Waals surface area contributed by atoms with E-state index in [0.717, 1.165) is 50.0 Å². The molecular formula is C26H46NO5+. The minimum atomic E-state index is -0.934. The van der Waals surface area contributed by atoms with Gasteiger partial charge in [-0.3, -0.25) is 9.59 Å². The summed E-state index contributed by atoms with van der Waals surface area (Å²) in [6.07, 6.45) is 11.9. The van der Waals surface area contributed by atoms with Gasteiger partial charge in [0.15, 0.2) is 6.10 Å². The molecule has 0 aliphatic rings. The molecule has 1 heterocycles. The summed E-state index contributed by atoms with van der Waals surface area (Å²) in [6.45, 7) is 4.82. The summed E-state index contributed by atoms with van der Waals surface area (Å²) in [6, 6.07) is 2.19. The van der Waals surface area contributed by atoms with E-state index >= 15 is 0 Å². The lowest BCUT2D eigenvalue weighted by molar-refractivity contribution is -0.873. The van der Waals surface area contributed by atoms with E-state index in [9.17, 15) is 9.59 Å². The van der Waals surface area contributed by atoms with Crippen molar-refractivity contribution < 1.29 is 28.3 Å². The second kappa shape index (κ2) is 15.1. The monoisotopic (exact) mass is 452 g/mol. The fourth-order valence-electron chi connectivity index (χ4n) is 4.02. The second-order valence-electron chi connectivity index (χ2n) is 10.1. The van der Waals surface area contributed by atoms with Crippen LogP contribution >= 0.6 is 0 Å². The Kier molecular flexibility index (Phi) is 13.3. The summed E-state index contributed by atoms with van der Waals surface area (Å²) in [5, 5.41) is 9.03. The van der Waals surface area contributed by atoms with Gasteiger partial charge in [-0.15, -0.1) is 0 Å². The number of nitrogens with zero attached hydrogens (tertiary/aromatic N) is 1. The molecule has 32 heavy (non-hydrogen) atoms. The molecule has 6 heteroatoms. The van der Waals surface area contributed by atoms with Crippen LogP contribution in [0.2, 0.25) is 0 Å². The van der Waals surface area contributed by atoms with Gasteiger partial charge < -0.3 is 18.7 Å². The van der Waals surface area contributed by atoms with Gasteiger partial charge in [0, 0.05) is 19.3 Å². The second-order valence-corrected chi connectivity index (χ2v) is 10.1. The van der Waals surface area contributed by atoms with E-state index in [1.165, 1.54) is 37.7 Å². The normalized spacial score (nSPS) is 12.7. The summed E-state index contributed by atoms with van der Waals surface area (Å²) >= 11 is 0. The van der Waals surface area contributed by atoms with Crippen LogP contribution in [0.15, 0.2) is 10.5 Å². The van der Waals surface area contributed by atoms with E-state index in [4.69, 9.17) is 14.3 Å². The lowest BCUT2D eigenvalue weighted by Crippen LogP contribution is -2.43. The Balaban J connectivity index is 2.07. The number of hydrogen-bond acceptors (Lipinski definition) is 4. The molecule has 1 N–H and O–H groups in total. The van der Waals surface area contributed by atoms with Crippen molar-refractivity contribution in [2.45, 2.75) is 103 Å². The topological polar surface area (TPSA) is 76.7 Å². The zero-order valence-corrected chi connectivity index (χ0v) is 21.1. The molecule has 0 radical (unpaired) electrons. The first-order chi connectivity index (χ1) is 15.1. The number of aliphatic carboxylic acids is 1. The van der Waals surface area contributed by atoms with Crippen LogP contribution in [0.5, 0.6) is 0 Å². The smallest absolute Gasteiger partial charge is 0.307 e. The molecule has 1 rings (SSSR count). The lowest BCUT2D eigenvalue weighted by atomic mass is 10.1. The Morgan fingerprint density at radius 1 is 1.00 bits per heavy atom. The number of esters is 1. The van der Waals surface area contributed by atoms with Crippen molar-refractivity contribution in [3.8, 4) is 0 Å². The molecule has 0 saturated carbocycles. The van der Waals surface area contributed by atoms with Gasteiger partial charge in [-0.25, -0.2) is 0 Å². The fraction of sp³-hybridized carbons (Fsp3) is 0.769. The lowest BCUT2D eigenvalue weighted by Gasteiger charge is -2.28. The van der Waals surface area contributed by atoms with Crippen LogP contribution < -0.4 is 0 Å². The molecule has 0 aromatic carbocycles. The zero-order chi connectivity index (χ0) is 24.0. The van der Waals surface area contributed by atoms with Gasteiger partial charge in [0.2, 0.25) is 0 Å². The van der Waals surface area contributed by atoms with Gasteiger partial charge in [0.25, 0.3) is 0 Å². The Hall–Kier alpha value is -1.82. The van der Waals surface area contributed by atoms with Crippen molar-refractivity contribution in [1.29, 1.82) is 0 Å². The highest BCUT2D eigenvalue weighted by Crippen LogP contribution is 2.19. The van der Waals surface area contributed by atoms with Gasteiger partial charge >= 0.3 is 11.9 Å². The van der Waals surface area contributed by atoms with Crippen LogP contribution in [0.3, 0.4) is 0 Å². The quantitative estimate of drug-likeness (QED) is 0.176. The van der Waals surface area contributed by atoms with Crippen LogP contribution in [-0.2, 0) is 27.2 Å². The van der Waals surface area contributed by atoms with Gasteiger partial charge in [-0.1, -0.05) is 45.4 Å². The van der Waals surface area contributed by atoms with Crippen molar-refractivity contribution in [3.63, 3.8) is 0 Å². The van der Waals surface area contributed by atoms with Crippen LogP contribution in [0, 0.1) is 6.92 Å². The molecule has 0 aliphatic carbocycles. The first-order valence-electron chi connectivity index (χ1n) is 12.4. The van der Waals surface area contributed by atoms with Crippen LogP contribution in [0.4, 0.5) is 0 Å². The Labute approximate surface area is 194 Å². The molecule has 1 unspecified atom stereocenters. The van der Waals surface area contributed by atoms with E-state index in [2.05, 4.69) is 19.9 Å². The molecule has 0 amide bonds. The molecule has 6 nitrogen and oxygen atoms in total. The van der Waals surface area contributed by atoms with Crippen molar-refractivity contribution in [2.75, 3.05) is 27.7 Å². The SMILES string of the molecule is CCCc1cc(C)c(CCCCCCCCCCC(=O)OC(CC(=O)O)C[N+](C)(C)C)o1. The van der Waals surface area contributed by atoms with Crippen molar-refractivity contribution >= 4 is 11.9 Å². The highest BCUT2D eigenvalue weighted by Gasteiger charge is 2.24. The van der Waals surface area contributed by atoms with Crippen LogP contribution in [0.25, 0.3) is 0 Å². The molecule has 1 atom stereocenters. The van der Waals surface area contributed by atoms with Crippen molar-refractivity contribution in [2.24, 2.45) is 0 Å². The standard InChI is InChI=1S/C26H45NO5/c1-6-15-22-18-21(2)24(31-22)16-13-11-9-7-8-10-12-14-17-26(30)32-23(19-25(28)29)20-27(3,4)5/h18,23H,6-17,19-20H2,1-5H3/p+1. The summed E-state index contributed by atoms with van der Waals surface area (Å²) < 4.78 is 11.9. The van der Waals surface area contributed by atoms with Gasteiger partial charge in [-0.2, -0.15) is 0 Å². The maximum atomic E-state index is 12.1. The maximum absolute atomic E-state index is 12.1. The molecule has 1 aromatic rings. The van der Waals surface area contributed by atoms with Crippen molar-refractivity contribution in [1.82, 2.24) is 0 Å². The molecule has 0 saturated heterocycles. The third kappa shape index (κ3) is 13.6. The molecule has 0 bridgehead atoms. The first-order valence-corrected chi connectivity index (χ1v) is 12.4. The predicted octanol–water partition coefficient (Wildman–Crippen LogP) is 5.69. The Morgan fingerprint density at radius 2 is 1.59 bits per heavy atom. The van der Waals surface area contributed by atoms with Gasteiger partial charge in [0.05, 0.1) is 27.6 Å². The molecule has 0 spiro atoms. The van der Waals surface area contributed by atoms with Crippen LogP contribution in [-0.4, -0.2) is 55.3 Å². The van der Waals surface area contributed by atoms with E-state index in [1.54, 1.807) is 0 Å². The van der Waals surface area contributed by atoms with E-state index in [1.807, 2.05) is 21.1 Å². The van der Waals surface area contributed by atoms with Crippen molar-refractivity contribution in [3.05, 3.63) is 23.2 Å². The average molecular weight is 453 g/mol. The fourth-order valence-corrected chi connectivity index (χ4v) is 4.02. The largest absolute Gasteiger partial charge is 0.481 e. The molecule has 0 fully saturated rings. The average Bonchev–Trinajstić information content (AvgIpc) is 3.00. The number of aryl methyl sites for hydroxylation is 3. The number of hydrogen-bond donors (Lipinski definition) is 1. The summed E-state index contributed by atoms with van der Waals surface area (Å²) in [5.74, 6) is 1.07. The summed E-state index contributed by atoms with van der Waals surface area (Å²) in [7, 11) is 5.89. The molecule has 1 aromatic heterocycles. The number of unbranched alkanes of at least 4 members (excludes halogenated alkanes) is 7. The van der Waals surface area contributed by atoms with E-state index in [0.29, 0.717) is 17.4 Å². The maximum Gasteiger partial charge on any atom is 0.307 e. The number of ether oxygens (including phenoxy) is 1. The van der Waals surface area contributed by atoms with Gasteiger partial charge in [-0.05, 0) is 37.8 Å². The molecule has 184 valence electrons. The number of likely N-dealkylation sites (N-methyl/N-ethyl adjacent to an activating group) is 1. The number of carbonyl (C=O) groups is 2. The highest BCUT2D eigenvalue weighted by molar-refractivity contribution is 5.71. The van der Waals surface area contributed by atoms with Gasteiger partial charge in [0.1, 0.15) is 18.1 Å². The van der Waals surface area contributed by atoms with Crippen LogP contribution in [0.1, 0.15) is 94.6 Å². The Morgan fingerprint density at radius 3 is 2.16 bits per heavy atom. The third-order valence-electron chi connectivity index (χ3n) is 5.55. The summed E-state index contributed by atoms with van der Waals surface area (Å²) in [5.41, 5.74) is 1.29. The number of rotatable bonds is 18. The minimum absolute atomic E-state index is 0.138. The zero-order valence-electron chi connectivity index (χ0n) is 21.1. The number of carboxylic acid groups (broad SMARTS) is 1. The number of quaternary nitrogens is 1. The molecular weight excluding hydrogens is 406 g/mol. The summed E-state index contributed by atoms with van der Waals surface area (Å²) in [4.78, 5) is 23.1. The Bertz CT molecular complexity index is 674. The predicted molar refractivity (Wildman–Crippen MR) is 128 cm³/mol. The number of carbonyl (C=O) groups excluding carboxylic acids is 1. The highest BCUT2D eigenvalue weighted by atomic mass is 16.5. The molecule has 0 aliphatic heterocycles. The third-order valence-corrected chi connectivity index (χ3v) is 5.55.